The number of nitrogens with one attached hydrogen (secondary N) is 1. The molecule has 0 bridgehead atoms. The SMILES string of the molecule is CC(C)CCNC(=O)COc1c(I)cc(Cl)c2cccnc12. The van der Waals surface area contributed by atoms with E-state index in [4.69, 9.17) is 16.3 Å². The fraction of sp³-hybridized carbons (Fsp3) is 0.375. The van der Waals surface area contributed by atoms with Gasteiger partial charge in [0.25, 0.3) is 5.91 Å². The number of pyridine rings is 1. The van der Waals surface area contributed by atoms with E-state index in [9.17, 15) is 4.79 Å². The van der Waals surface area contributed by atoms with E-state index in [0.717, 1.165) is 15.4 Å². The molecule has 6 heteroatoms. The Morgan fingerprint density at radius 2 is 2.27 bits per heavy atom. The maximum absolute atomic E-state index is 11.8. The van der Waals surface area contributed by atoms with Crippen molar-refractivity contribution in [3.05, 3.63) is 33.0 Å². The third-order valence-corrected chi connectivity index (χ3v) is 4.26. The van der Waals surface area contributed by atoms with Gasteiger partial charge in [0, 0.05) is 18.1 Å². The minimum atomic E-state index is -0.129. The van der Waals surface area contributed by atoms with Crippen LogP contribution in [0.25, 0.3) is 10.9 Å². The second-order valence-electron chi connectivity index (χ2n) is 5.39. The monoisotopic (exact) mass is 432 g/mol. The number of aromatic nitrogens is 1. The van der Waals surface area contributed by atoms with Crippen LogP contribution in [0.4, 0.5) is 0 Å². The number of benzene rings is 1. The number of carbonyl (C=O) groups is 1. The van der Waals surface area contributed by atoms with Gasteiger partial charge in [0.2, 0.25) is 0 Å². The first-order valence-electron chi connectivity index (χ1n) is 7.11. The summed E-state index contributed by atoms with van der Waals surface area (Å²) in [5.74, 6) is 1.03. The number of nitrogens with zero attached hydrogens (tertiary/aromatic N) is 1. The van der Waals surface area contributed by atoms with Crippen molar-refractivity contribution < 1.29 is 9.53 Å². The second-order valence-corrected chi connectivity index (χ2v) is 6.96. The van der Waals surface area contributed by atoms with Crippen molar-refractivity contribution in [2.75, 3.05) is 13.2 Å². The van der Waals surface area contributed by atoms with Crippen LogP contribution in [0, 0.1) is 9.49 Å². The molecule has 0 saturated heterocycles. The van der Waals surface area contributed by atoms with E-state index in [1.165, 1.54) is 0 Å². The average molecular weight is 433 g/mol. The van der Waals surface area contributed by atoms with Gasteiger partial charge >= 0.3 is 0 Å². The largest absolute Gasteiger partial charge is 0.480 e. The van der Waals surface area contributed by atoms with Gasteiger partial charge in [-0.05, 0) is 53.1 Å². The van der Waals surface area contributed by atoms with Crippen LogP contribution in [0.2, 0.25) is 5.02 Å². The van der Waals surface area contributed by atoms with Crippen molar-refractivity contribution in [3.63, 3.8) is 0 Å². The highest BCUT2D eigenvalue weighted by Crippen LogP contribution is 2.34. The topological polar surface area (TPSA) is 51.2 Å². The molecule has 118 valence electrons. The van der Waals surface area contributed by atoms with Gasteiger partial charge < -0.3 is 10.1 Å². The number of halogens is 2. The molecular weight excluding hydrogens is 415 g/mol. The standard InChI is InChI=1S/C16H18ClIN2O2/c1-10(2)5-7-19-14(21)9-22-16-13(18)8-12(17)11-4-3-6-20-15(11)16/h3-4,6,8,10H,5,7,9H2,1-2H3,(H,19,21). The average Bonchev–Trinajstić information content (AvgIpc) is 2.46. The molecule has 1 heterocycles. The van der Waals surface area contributed by atoms with Gasteiger partial charge in [-0.1, -0.05) is 25.4 Å². The maximum atomic E-state index is 11.8. The summed E-state index contributed by atoms with van der Waals surface area (Å²) in [6.07, 6.45) is 2.64. The van der Waals surface area contributed by atoms with Gasteiger partial charge in [0.05, 0.1) is 8.59 Å². The molecule has 1 aromatic heterocycles. The number of amides is 1. The lowest BCUT2D eigenvalue weighted by Crippen LogP contribution is -2.30. The Kier molecular flexibility index (Phi) is 6.26. The fourth-order valence-electron chi connectivity index (χ4n) is 1.97. The summed E-state index contributed by atoms with van der Waals surface area (Å²) >= 11 is 8.35. The van der Waals surface area contributed by atoms with E-state index < -0.39 is 0 Å². The Bertz CT molecular complexity index is 676. The van der Waals surface area contributed by atoms with Crippen molar-refractivity contribution in [3.8, 4) is 5.75 Å². The molecule has 0 radical (unpaired) electrons. The zero-order valence-electron chi connectivity index (χ0n) is 12.5. The van der Waals surface area contributed by atoms with Gasteiger partial charge in [-0.15, -0.1) is 0 Å². The van der Waals surface area contributed by atoms with E-state index in [-0.39, 0.29) is 12.5 Å². The predicted octanol–water partition coefficient (Wildman–Crippen LogP) is 4.03. The Hall–Kier alpha value is -1.08. The summed E-state index contributed by atoms with van der Waals surface area (Å²) in [5, 5.41) is 4.30. The molecule has 0 fully saturated rings. The van der Waals surface area contributed by atoms with Crippen LogP contribution in [0.3, 0.4) is 0 Å². The zero-order chi connectivity index (χ0) is 16.1. The Balaban J connectivity index is 2.07. The van der Waals surface area contributed by atoms with Gasteiger partial charge in [-0.2, -0.15) is 0 Å². The molecule has 0 aliphatic rings. The van der Waals surface area contributed by atoms with Gasteiger partial charge in [0.1, 0.15) is 5.52 Å². The molecule has 4 nitrogen and oxygen atoms in total. The molecule has 1 amide bonds. The summed E-state index contributed by atoms with van der Waals surface area (Å²) in [6.45, 7) is 4.88. The first kappa shape index (κ1) is 17.3. The number of ether oxygens (including phenoxy) is 1. The highest BCUT2D eigenvalue weighted by molar-refractivity contribution is 14.1. The molecule has 2 rings (SSSR count). The van der Waals surface area contributed by atoms with Crippen molar-refractivity contribution in [2.24, 2.45) is 5.92 Å². The minimum Gasteiger partial charge on any atom is -0.480 e. The maximum Gasteiger partial charge on any atom is 0.257 e. The van der Waals surface area contributed by atoms with Crippen LogP contribution in [-0.4, -0.2) is 24.0 Å². The molecule has 0 saturated carbocycles. The van der Waals surface area contributed by atoms with Crippen LogP contribution in [0.1, 0.15) is 20.3 Å². The molecule has 0 spiro atoms. The first-order valence-corrected chi connectivity index (χ1v) is 8.57. The van der Waals surface area contributed by atoms with Crippen LogP contribution in [0.5, 0.6) is 5.75 Å². The van der Waals surface area contributed by atoms with Crippen molar-refractivity contribution in [1.29, 1.82) is 0 Å². The minimum absolute atomic E-state index is 0.0264. The highest BCUT2D eigenvalue weighted by atomic mass is 127. The van der Waals surface area contributed by atoms with Crippen molar-refractivity contribution >= 4 is 51.0 Å². The quantitative estimate of drug-likeness (QED) is 0.701. The summed E-state index contributed by atoms with van der Waals surface area (Å²) in [5.41, 5.74) is 0.675. The van der Waals surface area contributed by atoms with E-state index in [2.05, 4.69) is 46.7 Å². The van der Waals surface area contributed by atoms with E-state index in [1.54, 1.807) is 6.20 Å². The molecule has 1 N–H and O–H groups in total. The molecular formula is C16H18ClIN2O2. The summed E-state index contributed by atoms with van der Waals surface area (Å²) < 4.78 is 6.52. The lowest BCUT2D eigenvalue weighted by atomic mass is 10.1. The number of fused-ring (bicyclic) bond motifs is 1. The van der Waals surface area contributed by atoms with Gasteiger partial charge in [0.15, 0.2) is 12.4 Å². The lowest BCUT2D eigenvalue weighted by molar-refractivity contribution is -0.123. The summed E-state index contributed by atoms with van der Waals surface area (Å²) in [7, 11) is 0. The Morgan fingerprint density at radius 3 is 3.00 bits per heavy atom. The molecule has 22 heavy (non-hydrogen) atoms. The van der Waals surface area contributed by atoms with Crippen LogP contribution < -0.4 is 10.1 Å². The fourth-order valence-corrected chi connectivity index (χ4v) is 3.14. The molecule has 0 unspecified atom stereocenters. The molecule has 0 atom stereocenters. The number of hydrogen-bond acceptors (Lipinski definition) is 3. The zero-order valence-corrected chi connectivity index (χ0v) is 15.4. The second kappa shape index (κ2) is 7.97. The Morgan fingerprint density at radius 1 is 1.50 bits per heavy atom. The van der Waals surface area contributed by atoms with Crippen molar-refractivity contribution in [2.45, 2.75) is 20.3 Å². The third-order valence-electron chi connectivity index (χ3n) is 3.14. The number of carbonyl (C=O) groups excluding carboxylic acids is 1. The van der Waals surface area contributed by atoms with Crippen molar-refractivity contribution in [1.82, 2.24) is 10.3 Å². The van der Waals surface area contributed by atoms with E-state index >= 15 is 0 Å². The van der Waals surface area contributed by atoms with E-state index in [1.807, 2.05) is 18.2 Å². The molecule has 1 aromatic carbocycles. The lowest BCUT2D eigenvalue weighted by Gasteiger charge is -2.12. The predicted molar refractivity (Wildman–Crippen MR) is 97.4 cm³/mol. The summed E-state index contributed by atoms with van der Waals surface area (Å²) in [6, 6.07) is 5.53. The molecule has 0 aliphatic heterocycles. The van der Waals surface area contributed by atoms with Crippen LogP contribution >= 0.6 is 34.2 Å². The third kappa shape index (κ3) is 4.46. The molecule has 2 aromatic rings. The smallest absolute Gasteiger partial charge is 0.257 e. The van der Waals surface area contributed by atoms with E-state index in [0.29, 0.717) is 28.8 Å². The van der Waals surface area contributed by atoms with Gasteiger partial charge in [-0.3, -0.25) is 9.78 Å². The summed E-state index contributed by atoms with van der Waals surface area (Å²) in [4.78, 5) is 16.1. The number of rotatable bonds is 6. The van der Waals surface area contributed by atoms with Crippen LogP contribution in [-0.2, 0) is 4.79 Å². The number of hydrogen-bond donors (Lipinski definition) is 1. The first-order chi connectivity index (χ1) is 10.5. The molecule has 0 aliphatic carbocycles. The van der Waals surface area contributed by atoms with Crippen LogP contribution in [0.15, 0.2) is 24.4 Å². The Labute approximate surface area is 148 Å². The van der Waals surface area contributed by atoms with Gasteiger partial charge in [-0.25, -0.2) is 0 Å². The normalized spacial score (nSPS) is 11.0. The highest BCUT2D eigenvalue weighted by Gasteiger charge is 2.13.